The number of nitrogens with two attached hydrogens (primary N) is 1. The number of nitrogens with one attached hydrogen (secondary N) is 1. The molecule has 20 heavy (non-hydrogen) atoms. The van der Waals surface area contributed by atoms with Crippen LogP contribution < -0.4 is 11.1 Å². The molecule has 2 aromatic carbocycles. The van der Waals surface area contributed by atoms with Gasteiger partial charge in [0.05, 0.1) is 15.7 Å². The van der Waals surface area contributed by atoms with E-state index in [2.05, 4.69) is 5.32 Å². The van der Waals surface area contributed by atoms with Crippen molar-refractivity contribution in [2.45, 2.75) is 4.90 Å². The summed E-state index contributed by atoms with van der Waals surface area (Å²) in [5, 5.41) is 2.59. The highest BCUT2D eigenvalue weighted by molar-refractivity contribution is 7.85. The summed E-state index contributed by atoms with van der Waals surface area (Å²) in [6.07, 6.45) is 0. The molecule has 0 heterocycles. The second kappa shape index (κ2) is 6.29. The molecule has 0 saturated heterocycles. The summed E-state index contributed by atoms with van der Waals surface area (Å²) < 4.78 is 25.5. The lowest BCUT2D eigenvalue weighted by atomic mass is 10.3. The molecule has 2 aromatic rings. The zero-order valence-corrected chi connectivity index (χ0v) is 11.3. The van der Waals surface area contributed by atoms with E-state index in [0.717, 1.165) is 6.07 Å². The van der Waals surface area contributed by atoms with Crippen molar-refractivity contribution in [3.8, 4) is 0 Å². The molecule has 4 nitrogen and oxygen atoms in total. The Morgan fingerprint density at radius 3 is 2.55 bits per heavy atom. The molecule has 1 unspecified atom stereocenters. The minimum Gasteiger partial charge on any atom is -0.399 e. The SMILES string of the molecule is Nc1ccc(S(=O)CC(=O)Nc2ccccc2)c(F)c1. The van der Waals surface area contributed by atoms with Gasteiger partial charge in [-0.15, -0.1) is 0 Å². The minimum absolute atomic E-state index is 0.0255. The van der Waals surface area contributed by atoms with E-state index in [1.807, 2.05) is 6.07 Å². The summed E-state index contributed by atoms with van der Waals surface area (Å²) in [6, 6.07) is 12.6. The summed E-state index contributed by atoms with van der Waals surface area (Å²) >= 11 is 0. The van der Waals surface area contributed by atoms with Crippen molar-refractivity contribution < 1.29 is 13.4 Å². The Bertz CT molecular complexity index is 647. The van der Waals surface area contributed by atoms with Crippen molar-refractivity contribution >= 4 is 28.1 Å². The number of halogens is 1. The van der Waals surface area contributed by atoms with Crippen molar-refractivity contribution in [2.75, 3.05) is 16.8 Å². The van der Waals surface area contributed by atoms with E-state index in [1.165, 1.54) is 12.1 Å². The molecule has 0 saturated carbocycles. The van der Waals surface area contributed by atoms with Gasteiger partial charge in [-0.25, -0.2) is 4.39 Å². The third kappa shape index (κ3) is 3.64. The maximum absolute atomic E-state index is 13.6. The second-order valence-electron chi connectivity index (χ2n) is 4.09. The molecule has 1 amide bonds. The topological polar surface area (TPSA) is 72.2 Å². The van der Waals surface area contributed by atoms with Crippen LogP contribution in [0.25, 0.3) is 0 Å². The van der Waals surface area contributed by atoms with Crippen LogP contribution in [0.3, 0.4) is 0 Å². The number of rotatable bonds is 4. The van der Waals surface area contributed by atoms with Gasteiger partial charge in [-0.2, -0.15) is 0 Å². The highest BCUT2D eigenvalue weighted by Gasteiger charge is 2.14. The number of benzene rings is 2. The molecule has 0 aromatic heterocycles. The third-order valence-electron chi connectivity index (χ3n) is 2.52. The number of nitrogen functional groups attached to an aromatic ring is 1. The average Bonchev–Trinajstić information content (AvgIpc) is 2.39. The van der Waals surface area contributed by atoms with Crippen LogP contribution in [0.5, 0.6) is 0 Å². The summed E-state index contributed by atoms with van der Waals surface area (Å²) in [6.45, 7) is 0. The Morgan fingerprint density at radius 1 is 1.20 bits per heavy atom. The normalized spacial score (nSPS) is 11.8. The molecule has 3 N–H and O–H groups in total. The smallest absolute Gasteiger partial charge is 0.237 e. The molecule has 0 bridgehead atoms. The predicted octanol–water partition coefficient (Wildman–Crippen LogP) is 2.15. The van der Waals surface area contributed by atoms with Gasteiger partial charge in [-0.1, -0.05) is 18.2 Å². The van der Waals surface area contributed by atoms with Gasteiger partial charge in [0, 0.05) is 11.4 Å². The molecule has 0 aliphatic heterocycles. The van der Waals surface area contributed by atoms with E-state index in [4.69, 9.17) is 5.73 Å². The van der Waals surface area contributed by atoms with Crippen molar-refractivity contribution in [1.82, 2.24) is 0 Å². The van der Waals surface area contributed by atoms with E-state index >= 15 is 0 Å². The summed E-state index contributed by atoms with van der Waals surface area (Å²) in [5.41, 5.74) is 6.26. The number of amides is 1. The van der Waals surface area contributed by atoms with Crippen LogP contribution in [-0.4, -0.2) is 15.9 Å². The van der Waals surface area contributed by atoms with E-state index in [1.54, 1.807) is 24.3 Å². The maximum Gasteiger partial charge on any atom is 0.237 e. The monoisotopic (exact) mass is 292 g/mol. The van der Waals surface area contributed by atoms with E-state index in [-0.39, 0.29) is 16.3 Å². The fourth-order valence-corrected chi connectivity index (χ4v) is 2.58. The van der Waals surface area contributed by atoms with Gasteiger partial charge in [0.2, 0.25) is 5.91 Å². The average molecular weight is 292 g/mol. The van der Waals surface area contributed by atoms with Crippen molar-refractivity contribution in [3.63, 3.8) is 0 Å². The van der Waals surface area contributed by atoms with Gasteiger partial charge in [0.1, 0.15) is 11.6 Å². The van der Waals surface area contributed by atoms with Gasteiger partial charge in [-0.05, 0) is 30.3 Å². The summed E-state index contributed by atoms with van der Waals surface area (Å²) in [5.74, 6) is -1.42. The molecule has 0 radical (unpaired) electrons. The lowest BCUT2D eigenvalue weighted by molar-refractivity contribution is -0.113. The fraction of sp³-hybridized carbons (Fsp3) is 0.0714. The quantitative estimate of drug-likeness (QED) is 0.848. The van der Waals surface area contributed by atoms with Crippen molar-refractivity contribution in [2.24, 2.45) is 0 Å². The molecule has 0 aliphatic carbocycles. The molecular formula is C14H13FN2O2S. The van der Waals surface area contributed by atoms with E-state index in [9.17, 15) is 13.4 Å². The summed E-state index contributed by atoms with van der Waals surface area (Å²) in [4.78, 5) is 11.7. The Labute approximate surface area is 118 Å². The number of carbonyl (C=O) groups is 1. The largest absolute Gasteiger partial charge is 0.399 e. The zero-order valence-electron chi connectivity index (χ0n) is 10.5. The van der Waals surface area contributed by atoms with Crippen molar-refractivity contribution in [1.29, 1.82) is 0 Å². The molecule has 1 atom stereocenters. The van der Waals surface area contributed by atoms with Gasteiger partial charge in [-0.3, -0.25) is 9.00 Å². The van der Waals surface area contributed by atoms with Gasteiger partial charge in [0.25, 0.3) is 0 Å². The Kier molecular flexibility index (Phi) is 4.47. The molecule has 0 spiro atoms. The number of carbonyl (C=O) groups excluding carboxylic acids is 1. The van der Waals surface area contributed by atoms with E-state index < -0.39 is 22.5 Å². The second-order valence-corrected chi connectivity index (χ2v) is 5.51. The first-order valence-corrected chi connectivity index (χ1v) is 7.16. The Balaban J connectivity index is 2.02. The summed E-state index contributed by atoms with van der Waals surface area (Å²) in [7, 11) is -1.75. The fourth-order valence-electron chi connectivity index (χ4n) is 1.62. The molecular weight excluding hydrogens is 279 g/mol. The highest BCUT2D eigenvalue weighted by atomic mass is 32.2. The molecule has 0 aliphatic rings. The highest BCUT2D eigenvalue weighted by Crippen LogP contribution is 2.16. The minimum atomic E-state index is -1.75. The number of hydrogen-bond acceptors (Lipinski definition) is 3. The predicted molar refractivity (Wildman–Crippen MR) is 77.2 cm³/mol. The first kappa shape index (κ1) is 14.2. The van der Waals surface area contributed by atoms with Crippen LogP contribution in [0.1, 0.15) is 0 Å². The molecule has 2 rings (SSSR count). The zero-order chi connectivity index (χ0) is 14.5. The van der Waals surface area contributed by atoms with Crippen LogP contribution in [-0.2, 0) is 15.6 Å². The lowest BCUT2D eigenvalue weighted by Gasteiger charge is -2.06. The van der Waals surface area contributed by atoms with Gasteiger partial charge in [0.15, 0.2) is 0 Å². The first-order valence-electron chi connectivity index (χ1n) is 5.84. The Morgan fingerprint density at radius 2 is 1.90 bits per heavy atom. The molecule has 0 fully saturated rings. The van der Waals surface area contributed by atoms with Gasteiger partial charge < -0.3 is 11.1 Å². The van der Waals surface area contributed by atoms with E-state index in [0.29, 0.717) is 5.69 Å². The molecule has 104 valence electrons. The lowest BCUT2D eigenvalue weighted by Crippen LogP contribution is -2.20. The van der Waals surface area contributed by atoms with Crippen LogP contribution in [0.4, 0.5) is 15.8 Å². The van der Waals surface area contributed by atoms with Crippen molar-refractivity contribution in [3.05, 3.63) is 54.3 Å². The van der Waals surface area contributed by atoms with Gasteiger partial charge >= 0.3 is 0 Å². The number of anilines is 2. The van der Waals surface area contributed by atoms with Crippen LogP contribution in [0, 0.1) is 5.82 Å². The molecule has 6 heteroatoms. The first-order chi connectivity index (χ1) is 9.56. The number of para-hydroxylation sites is 1. The van der Waals surface area contributed by atoms with Crippen LogP contribution >= 0.6 is 0 Å². The maximum atomic E-state index is 13.6. The number of hydrogen-bond donors (Lipinski definition) is 2. The van der Waals surface area contributed by atoms with Crippen LogP contribution in [0.15, 0.2) is 53.4 Å². The Hall–Kier alpha value is -2.21. The standard InChI is InChI=1S/C14H13FN2O2S/c15-12-8-10(16)6-7-13(12)20(19)9-14(18)17-11-4-2-1-3-5-11/h1-8H,9,16H2,(H,17,18). The third-order valence-corrected chi connectivity index (χ3v) is 3.87. The van der Waals surface area contributed by atoms with Crippen LogP contribution in [0.2, 0.25) is 0 Å².